The zero-order valence-electron chi connectivity index (χ0n) is 14.5. The number of ether oxygens (including phenoxy) is 2. The summed E-state index contributed by atoms with van der Waals surface area (Å²) in [4.78, 5) is 6.68. The van der Waals surface area contributed by atoms with Crippen LogP contribution in [0.25, 0.3) is 11.0 Å². The molecule has 5 nitrogen and oxygen atoms in total. The van der Waals surface area contributed by atoms with Crippen molar-refractivity contribution in [3.8, 4) is 5.88 Å². The average Bonchev–Trinajstić information content (AvgIpc) is 3.28. The predicted molar refractivity (Wildman–Crippen MR) is 95.4 cm³/mol. The predicted octanol–water partition coefficient (Wildman–Crippen LogP) is 4.01. The molecule has 0 spiro atoms. The van der Waals surface area contributed by atoms with E-state index in [1.165, 1.54) is 5.56 Å². The van der Waals surface area contributed by atoms with Gasteiger partial charge in [0.05, 0.1) is 11.6 Å². The van der Waals surface area contributed by atoms with Crippen LogP contribution in [0.1, 0.15) is 25.6 Å². The fourth-order valence-electron chi connectivity index (χ4n) is 3.25. The Morgan fingerprint density at radius 2 is 2.04 bits per heavy atom. The third-order valence-electron chi connectivity index (χ3n) is 4.53. The summed E-state index contributed by atoms with van der Waals surface area (Å²) in [5.41, 5.74) is 1.96. The molecule has 3 aromatic rings. The summed E-state index contributed by atoms with van der Waals surface area (Å²) < 4.78 is 17.6. The minimum atomic E-state index is -0.0347. The molecule has 2 aromatic heterocycles. The minimum Gasteiger partial charge on any atom is -0.474 e. The van der Waals surface area contributed by atoms with Crippen LogP contribution in [0.2, 0.25) is 0 Å². The van der Waals surface area contributed by atoms with Crippen LogP contribution in [0.5, 0.6) is 5.88 Å². The van der Waals surface area contributed by atoms with Crippen LogP contribution in [0, 0.1) is 0 Å². The number of fused-ring (bicyclic) bond motifs is 1. The molecule has 5 heteroatoms. The maximum absolute atomic E-state index is 6.29. The van der Waals surface area contributed by atoms with Crippen molar-refractivity contribution < 1.29 is 13.9 Å². The highest BCUT2D eigenvalue weighted by atomic mass is 16.6. The first-order valence-electron chi connectivity index (χ1n) is 8.63. The number of aromatic nitrogens is 1. The molecular formula is C20H22N2O3. The van der Waals surface area contributed by atoms with Gasteiger partial charge in [0.1, 0.15) is 24.5 Å². The van der Waals surface area contributed by atoms with Gasteiger partial charge in [-0.15, -0.1) is 0 Å². The number of benzene rings is 1. The molecule has 0 amide bonds. The van der Waals surface area contributed by atoms with E-state index in [4.69, 9.17) is 13.9 Å². The molecular weight excluding hydrogens is 316 g/mol. The maximum atomic E-state index is 6.29. The van der Waals surface area contributed by atoms with Gasteiger partial charge in [-0.2, -0.15) is 0 Å². The highest BCUT2D eigenvalue weighted by molar-refractivity contribution is 5.81. The fourth-order valence-corrected chi connectivity index (χ4v) is 3.25. The zero-order chi connectivity index (χ0) is 17.2. The monoisotopic (exact) mass is 338 g/mol. The van der Waals surface area contributed by atoms with Crippen molar-refractivity contribution in [1.29, 1.82) is 0 Å². The number of hydrogen-bond donors (Lipinski definition) is 0. The van der Waals surface area contributed by atoms with E-state index in [2.05, 4.69) is 35.9 Å². The normalized spacial score (nSPS) is 21.2. The van der Waals surface area contributed by atoms with Gasteiger partial charge in [0, 0.05) is 18.8 Å². The third-order valence-corrected chi connectivity index (χ3v) is 4.53. The second kappa shape index (κ2) is 6.86. The molecule has 1 aliphatic heterocycles. The molecule has 2 atom stereocenters. The van der Waals surface area contributed by atoms with E-state index in [-0.39, 0.29) is 12.3 Å². The van der Waals surface area contributed by atoms with E-state index in [1.807, 2.05) is 30.3 Å². The summed E-state index contributed by atoms with van der Waals surface area (Å²) in [5.74, 6) is 0.592. The maximum Gasteiger partial charge on any atom is 0.224 e. The second-order valence-electron chi connectivity index (χ2n) is 6.57. The van der Waals surface area contributed by atoms with Gasteiger partial charge >= 0.3 is 0 Å². The Morgan fingerprint density at radius 1 is 1.20 bits per heavy atom. The van der Waals surface area contributed by atoms with Crippen molar-refractivity contribution in [2.24, 2.45) is 0 Å². The molecule has 1 fully saturated rings. The Hall–Kier alpha value is -2.37. The molecule has 0 saturated carbocycles. The summed E-state index contributed by atoms with van der Waals surface area (Å²) >= 11 is 0. The third kappa shape index (κ3) is 3.25. The number of nitrogens with zero attached hydrogens (tertiary/aromatic N) is 2. The summed E-state index contributed by atoms with van der Waals surface area (Å²) in [7, 11) is 0. The first-order chi connectivity index (χ1) is 12.2. The van der Waals surface area contributed by atoms with Gasteiger partial charge in [0.15, 0.2) is 0 Å². The van der Waals surface area contributed by atoms with Crippen molar-refractivity contribution in [2.75, 3.05) is 13.2 Å². The van der Waals surface area contributed by atoms with Crippen LogP contribution in [0.15, 0.2) is 59.3 Å². The minimum absolute atomic E-state index is 0.00318. The summed E-state index contributed by atoms with van der Waals surface area (Å²) in [5, 5.41) is 0.890. The smallest absolute Gasteiger partial charge is 0.224 e. The van der Waals surface area contributed by atoms with Crippen LogP contribution in [0.3, 0.4) is 0 Å². The number of hydrogen-bond acceptors (Lipinski definition) is 5. The zero-order valence-corrected chi connectivity index (χ0v) is 14.5. The Kier molecular flexibility index (Phi) is 4.42. The van der Waals surface area contributed by atoms with E-state index in [9.17, 15) is 0 Å². The van der Waals surface area contributed by atoms with Crippen molar-refractivity contribution in [3.63, 3.8) is 0 Å². The van der Waals surface area contributed by atoms with E-state index in [1.54, 1.807) is 12.5 Å². The highest BCUT2D eigenvalue weighted by Crippen LogP contribution is 2.32. The standard InChI is InChI=1S/C20H22N2O3/c1-14(2)22-12-16(25-20(22)15-6-4-3-5-7-15)13-24-19-17-9-11-23-18(17)8-10-21-19/h3-11,14,16,20H,12-13H2,1-2H3. The largest absolute Gasteiger partial charge is 0.474 e. The second-order valence-corrected chi connectivity index (χ2v) is 6.57. The van der Waals surface area contributed by atoms with E-state index < -0.39 is 0 Å². The lowest BCUT2D eigenvalue weighted by atomic mass is 10.1. The molecule has 1 aliphatic rings. The van der Waals surface area contributed by atoms with Gasteiger partial charge in [-0.3, -0.25) is 4.90 Å². The summed E-state index contributed by atoms with van der Waals surface area (Å²) in [6.07, 6.45) is 3.31. The molecule has 130 valence electrons. The molecule has 1 aromatic carbocycles. The number of furan rings is 1. The lowest BCUT2D eigenvalue weighted by molar-refractivity contribution is -0.0237. The first kappa shape index (κ1) is 16.1. The van der Waals surface area contributed by atoms with Gasteiger partial charge in [0.2, 0.25) is 5.88 Å². The van der Waals surface area contributed by atoms with Crippen molar-refractivity contribution >= 4 is 11.0 Å². The molecule has 3 heterocycles. The highest BCUT2D eigenvalue weighted by Gasteiger charge is 2.35. The molecule has 0 bridgehead atoms. The summed E-state index contributed by atoms with van der Waals surface area (Å²) in [6.45, 7) is 5.68. The SMILES string of the molecule is CC(C)N1CC(COc2nccc3occc23)OC1c1ccccc1. The Bertz CT molecular complexity index is 831. The van der Waals surface area contributed by atoms with Gasteiger partial charge in [-0.1, -0.05) is 30.3 Å². The number of rotatable bonds is 5. The van der Waals surface area contributed by atoms with Gasteiger partial charge in [-0.05, 0) is 31.5 Å². The van der Waals surface area contributed by atoms with Gasteiger partial charge in [-0.25, -0.2) is 4.98 Å². The molecule has 0 aliphatic carbocycles. The molecule has 0 N–H and O–H groups in total. The Balaban J connectivity index is 1.47. The quantitative estimate of drug-likeness (QED) is 0.703. The van der Waals surface area contributed by atoms with Crippen molar-refractivity contribution in [3.05, 3.63) is 60.5 Å². The van der Waals surface area contributed by atoms with E-state index in [0.717, 1.165) is 17.5 Å². The molecule has 0 radical (unpaired) electrons. The van der Waals surface area contributed by atoms with E-state index in [0.29, 0.717) is 18.5 Å². The molecule has 1 saturated heterocycles. The lowest BCUT2D eigenvalue weighted by Gasteiger charge is -2.26. The lowest BCUT2D eigenvalue weighted by Crippen LogP contribution is -2.32. The average molecular weight is 338 g/mol. The molecule has 2 unspecified atom stereocenters. The van der Waals surface area contributed by atoms with Crippen LogP contribution in [-0.4, -0.2) is 35.2 Å². The van der Waals surface area contributed by atoms with Crippen LogP contribution in [-0.2, 0) is 4.74 Å². The molecule has 4 rings (SSSR count). The Morgan fingerprint density at radius 3 is 2.84 bits per heavy atom. The topological polar surface area (TPSA) is 47.7 Å². The fraction of sp³-hybridized carbons (Fsp3) is 0.350. The van der Waals surface area contributed by atoms with Crippen molar-refractivity contribution in [2.45, 2.75) is 32.2 Å². The number of pyridine rings is 1. The van der Waals surface area contributed by atoms with Crippen LogP contribution in [0.4, 0.5) is 0 Å². The Labute approximate surface area is 147 Å². The summed E-state index contributed by atoms with van der Waals surface area (Å²) in [6, 6.07) is 14.4. The molecule has 25 heavy (non-hydrogen) atoms. The van der Waals surface area contributed by atoms with Crippen LogP contribution >= 0.6 is 0 Å². The first-order valence-corrected chi connectivity index (χ1v) is 8.63. The van der Waals surface area contributed by atoms with Crippen molar-refractivity contribution in [1.82, 2.24) is 9.88 Å². The van der Waals surface area contributed by atoms with Gasteiger partial charge in [0.25, 0.3) is 0 Å². The van der Waals surface area contributed by atoms with E-state index >= 15 is 0 Å². The van der Waals surface area contributed by atoms with Gasteiger partial charge < -0.3 is 13.9 Å². The van der Waals surface area contributed by atoms with Crippen LogP contribution < -0.4 is 4.74 Å².